The zero-order valence-electron chi connectivity index (χ0n) is 12.3. The summed E-state index contributed by atoms with van der Waals surface area (Å²) < 4.78 is 0. The van der Waals surface area contributed by atoms with E-state index in [0.29, 0.717) is 12.0 Å². The van der Waals surface area contributed by atoms with E-state index in [4.69, 9.17) is 5.73 Å². The minimum absolute atomic E-state index is 0.603. The van der Waals surface area contributed by atoms with Crippen LogP contribution >= 0.6 is 0 Å². The zero-order chi connectivity index (χ0) is 13.4. The number of nitrogens with zero attached hydrogens (tertiary/aromatic N) is 2. The van der Waals surface area contributed by atoms with Crippen molar-refractivity contribution in [2.24, 2.45) is 16.6 Å². The minimum atomic E-state index is 0.603. The molecular weight excluding hydrogens is 224 g/mol. The molecule has 18 heavy (non-hydrogen) atoms. The Balaban J connectivity index is 2.16. The number of rotatable bonds is 7. The van der Waals surface area contributed by atoms with Gasteiger partial charge in [-0.2, -0.15) is 0 Å². The van der Waals surface area contributed by atoms with E-state index >= 15 is 0 Å². The molecule has 0 radical (unpaired) electrons. The smallest absolute Gasteiger partial charge is 0.188 e. The van der Waals surface area contributed by atoms with Crippen molar-refractivity contribution in [2.45, 2.75) is 52.5 Å². The van der Waals surface area contributed by atoms with Crippen molar-refractivity contribution in [3.63, 3.8) is 0 Å². The summed E-state index contributed by atoms with van der Waals surface area (Å²) in [4.78, 5) is 6.96. The van der Waals surface area contributed by atoms with Gasteiger partial charge in [0.25, 0.3) is 0 Å². The van der Waals surface area contributed by atoms with E-state index in [9.17, 15) is 0 Å². The SMILES string of the molecule is CCN1CCCC1CN=C(N)NCCCC(C)C. The lowest BCUT2D eigenvalue weighted by atomic mass is 10.1. The van der Waals surface area contributed by atoms with Gasteiger partial charge in [-0.05, 0) is 44.7 Å². The summed E-state index contributed by atoms with van der Waals surface area (Å²) in [6.07, 6.45) is 4.97. The van der Waals surface area contributed by atoms with Gasteiger partial charge in [0.2, 0.25) is 0 Å². The highest BCUT2D eigenvalue weighted by Crippen LogP contribution is 2.16. The summed E-state index contributed by atoms with van der Waals surface area (Å²) in [5.41, 5.74) is 5.88. The molecule has 1 heterocycles. The van der Waals surface area contributed by atoms with Crippen LogP contribution in [0.3, 0.4) is 0 Å². The third kappa shape index (κ3) is 5.71. The third-order valence-corrected chi connectivity index (χ3v) is 3.64. The number of nitrogens with two attached hydrogens (primary N) is 1. The van der Waals surface area contributed by atoms with Gasteiger partial charge in [0, 0.05) is 12.6 Å². The molecule has 3 N–H and O–H groups in total. The fourth-order valence-corrected chi connectivity index (χ4v) is 2.50. The van der Waals surface area contributed by atoms with Crippen molar-refractivity contribution in [1.29, 1.82) is 0 Å². The molecule has 1 unspecified atom stereocenters. The van der Waals surface area contributed by atoms with Crippen LogP contribution in [0, 0.1) is 5.92 Å². The molecule has 1 fully saturated rings. The van der Waals surface area contributed by atoms with E-state index in [1.165, 1.54) is 32.2 Å². The normalized spacial score (nSPS) is 21.8. The first-order chi connectivity index (χ1) is 8.63. The Morgan fingerprint density at radius 1 is 1.50 bits per heavy atom. The molecule has 0 saturated carbocycles. The summed E-state index contributed by atoms with van der Waals surface area (Å²) in [5.74, 6) is 1.38. The molecule has 0 amide bonds. The average Bonchev–Trinajstić information content (AvgIpc) is 2.79. The van der Waals surface area contributed by atoms with E-state index in [-0.39, 0.29) is 0 Å². The zero-order valence-corrected chi connectivity index (χ0v) is 12.3. The van der Waals surface area contributed by atoms with Crippen LogP contribution in [0.15, 0.2) is 4.99 Å². The van der Waals surface area contributed by atoms with Crippen molar-refractivity contribution in [1.82, 2.24) is 10.2 Å². The van der Waals surface area contributed by atoms with Crippen molar-refractivity contribution in [3.8, 4) is 0 Å². The van der Waals surface area contributed by atoms with Gasteiger partial charge in [-0.1, -0.05) is 20.8 Å². The Hall–Kier alpha value is -0.770. The molecule has 1 saturated heterocycles. The molecule has 106 valence electrons. The summed E-state index contributed by atoms with van der Waals surface area (Å²) in [6, 6.07) is 0.603. The Morgan fingerprint density at radius 3 is 2.94 bits per heavy atom. The van der Waals surface area contributed by atoms with Gasteiger partial charge in [-0.15, -0.1) is 0 Å². The largest absolute Gasteiger partial charge is 0.370 e. The Morgan fingerprint density at radius 2 is 2.28 bits per heavy atom. The molecule has 0 aromatic carbocycles. The van der Waals surface area contributed by atoms with Gasteiger partial charge in [0.1, 0.15) is 0 Å². The van der Waals surface area contributed by atoms with Crippen molar-refractivity contribution < 1.29 is 0 Å². The molecule has 1 aliphatic heterocycles. The van der Waals surface area contributed by atoms with Gasteiger partial charge in [0.15, 0.2) is 5.96 Å². The van der Waals surface area contributed by atoms with Crippen LogP contribution in [0.25, 0.3) is 0 Å². The monoisotopic (exact) mass is 254 g/mol. The number of hydrogen-bond donors (Lipinski definition) is 2. The molecule has 4 heteroatoms. The Bertz CT molecular complexity index is 250. The summed E-state index contributed by atoms with van der Waals surface area (Å²) in [7, 11) is 0. The van der Waals surface area contributed by atoms with Crippen LogP contribution in [0.2, 0.25) is 0 Å². The Kier molecular flexibility index (Phi) is 7.09. The van der Waals surface area contributed by atoms with E-state index in [2.05, 4.69) is 36.0 Å². The second-order valence-corrected chi connectivity index (χ2v) is 5.61. The van der Waals surface area contributed by atoms with Gasteiger partial charge >= 0.3 is 0 Å². The third-order valence-electron chi connectivity index (χ3n) is 3.64. The standard InChI is InChI=1S/C14H30N4/c1-4-18-10-6-8-13(18)11-17-14(15)16-9-5-7-12(2)3/h12-13H,4-11H2,1-3H3,(H3,15,16,17). The number of likely N-dealkylation sites (tertiary alicyclic amines) is 1. The van der Waals surface area contributed by atoms with Crippen LogP contribution in [0.5, 0.6) is 0 Å². The van der Waals surface area contributed by atoms with Gasteiger partial charge in [-0.3, -0.25) is 9.89 Å². The maximum absolute atomic E-state index is 5.88. The molecule has 0 aromatic heterocycles. The van der Waals surface area contributed by atoms with Crippen molar-refractivity contribution >= 4 is 5.96 Å². The first-order valence-electron chi connectivity index (χ1n) is 7.41. The molecule has 0 bridgehead atoms. The number of aliphatic imine (C=N–C) groups is 1. The summed E-state index contributed by atoms with van der Waals surface area (Å²) in [5, 5.41) is 3.20. The second-order valence-electron chi connectivity index (χ2n) is 5.61. The predicted molar refractivity (Wildman–Crippen MR) is 78.8 cm³/mol. The van der Waals surface area contributed by atoms with E-state index in [0.717, 1.165) is 25.6 Å². The predicted octanol–water partition coefficient (Wildman–Crippen LogP) is 1.81. The lowest BCUT2D eigenvalue weighted by Crippen LogP contribution is -2.36. The molecule has 0 spiro atoms. The van der Waals surface area contributed by atoms with E-state index in [1.807, 2.05) is 0 Å². The van der Waals surface area contributed by atoms with Gasteiger partial charge in [0.05, 0.1) is 6.54 Å². The highest BCUT2D eigenvalue weighted by atomic mass is 15.2. The molecule has 0 aliphatic carbocycles. The van der Waals surface area contributed by atoms with Gasteiger partial charge < -0.3 is 11.1 Å². The van der Waals surface area contributed by atoms with Crippen LogP contribution in [-0.2, 0) is 0 Å². The average molecular weight is 254 g/mol. The lowest BCUT2D eigenvalue weighted by Gasteiger charge is -2.21. The number of nitrogens with one attached hydrogen (secondary N) is 1. The minimum Gasteiger partial charge on any atom is -0.370 e. The van der Waals surface area contributed by atoms with Gasteiger partial charge in [-0.25, -0.2) is 0 Å². The van der Waals surface area contributed by atoms with Crippen LogP contribution < -0.4 is 11.1 Å². The van der Waals surface area contributed by atoms with Crippen LogP contribution in [-0.4, -0.2) is 43.1 Å². The topological polar surface area (TPSA) is 53.6 Å². The number of likely N-dealkylation sites (N-methyl/N-ethyl adjacent to an activating group) is 1. The number of hydrogen-bond acceptors (Lipinski definition) is 2. The molecular formula is C14H30N4. The highest BCUT2D eigenvalue weighted by molar-refractivity contribution is 5.77. The highest BCUT2D eigenvalue weighted by Gasteiger charge is 2.22. The summed E-state index contributed by atoms with van der Waals surface area (Å²) >= 11 is 0. The molecule has 1 aliphatic rings. The fourth-order valence-electron chi connectivity index (χ4n) is 2.50. The maximum atomic E-state index is 5.88. The summed E-state index contributed by atoms with van der Waals surface area (Å²) in [6.45, 7) is 10.8. The first-order valence-corrected chi connectivity index (χ1v) is 7.41. The van der Waals surface area contributed by atoms with Crippen molar-refractivity contribution in [2.75, 3.05) is 26.2 Å². The van der Waals surface area contributed by atoms with E-state index < -0.39 is 0 Å². The molecule has 4 nitrogen and oxygen atoms in total. The first kappa shape index (κ1) is 15.3. The quantitative estimate of drug-likeness (QED) is 0.414. The maximum Gasteiger partial charge on any atom is 0.188 e. The second kappa shape index (κ2) is 8.35. The van der Waals surface area contributed by atoms with Crippen LogP contribution in [0.4, 0.5) is 0 Å². The molecule has 1 atom stereocenters. The fraction of sp³-hybridized carbons (Fsp3) is 0.929. The van der Waals surface area contributed by atoms with Crippen LogP contribution in [0.1, 0.15) is 46.5 Å². The lowest BCUT2D eigenvalue weighted by molar-refractivity contribution is 0.273. The van der Waals surface area contributed by atoms with Crippen molar-refractivity contribution in [3.05, 3.63) is 0 Å². The van der Waals surface area contributed by atoms with E-state index in [1.54, 1.807) is 0 Å². The molecule has 0 aromatic rings. The molecule has 1 rings (SSSR count). The number of guanidine groups is 1. The Labute approximate surface area is 112 Å².